The van der Waals surface area contributed by atoms with E-state index >= 15 is 0 Å². The fraction of sp³-hybridized carbons (Fsp3) is 0.250. The van der Waals surface area contributed by atoms with Crippen LogP contribution in [0.4, 0.5) is 23.7 Å². The van der Waals surface area contributed by atoms with E-state index in [2.05, 4.69) is 15.6 Å². The molecule has 0 fully saturated rings. The molecule has 0 spiro atoms. The molecule has 0 bridgehead atoms. The zero-order chi connectivity index (χ0) is 17.7. The predicted octanol–water partition coefficient (Wildman–Crippen LogP) is 3.99. The smallest absolute Gasteiger partial charge is 0.416 e. The minimum Gasteiger partial charge on any atom is -0.480 e. The van der Waals surface area contributed by atoms with Crippen molar-refractivity contribution < 1.29 is 22.7 Å². The number of carbonyl (C=O) groups is 1. The number of pyridine rings is 1. The van der Waals surface area contributed by atoms with Crippen LogP contribution in [0.1, 0.15) is 24.1 Å². The predicted molar refractivity (Wildman–Crippen MR) is 82.8 cm³/mol. The topological polar surface area (TPSA) is 63.2 Å². The Morgan fingerprint density at radius 2 is 2.00 bits per heavy atom. The monoisotopic (exact) mass is 339 g/mol. The van der Waals surface area contributed by atoms with E-state index in [0.717, 1.165) is 12.1 Å². The van der Waals surface area contributed by atoms with Crippen molar-refractivity contribution >= 4 is 11.7 Å². The Balaban J connectivity index is 2.06. The zero-order valence-electron chi connectivity index (χ0n) is 13.0. The summed E-state index contributed by atoms with van der Waals surface area (Å²) in [5, 5.41) is 5.12. The molecule has 5 nitrogen and oxygen atoms in total. The molecular formula is C16H16F3N3O2. The first-order valence-electron chi connectivity index (χ1n) is 7.05. The summed E-state index contributed by atoms with van der Waals surface area (Å²) >= 11 is 0. The van der Waals surface area contributed by atoms with Crippen molar-refractivity contribution in [2.45, 2.75) is 19.1 Å². The summed E-state index contributed by atoms with van der Waals surface area (Å²) in [4.78, 5) is 16.0. The number of amides is 2. The second kappa shape index (κ2) is 7.20. The van der Waals surface area contributed by atoms with Crippen LogP contribution in [0.15, 0.2) is 42.6 Å². The third-order valence-electron chi connectivity index (χ3n) is 3.27. The molecule has 1 heterocycles. The number of anilines is 1. The molecular weight excluding hydrogens is 323 g/mol. The van der Waals surface area contributed by atoms with Crippen molar-refractivity contribution in [3.05, 3.63) is 53.7 Å². The Bertz CT molecular complexity index is 720. The largest absolute Gasteiger partial charge is 0.480 e. The summed E-state index contributed by atoms with van der Waals surface area (Å²) < 4.78 is 43.2. The van der Waals surface area contributed by atoms with Crippen LogP contribution in [-0.2, 0) is 6.18 Å². The molecule has 2 N–H and O–H groups in total. The molecule has 0 saturated carbocycles. The van der Waals surface area contributed by atoms with Gasteiger partial charge in [0, 0.05) is 6.20 Å². The lowest BCUT2D eigenvalue weighted by molar-refractivity contribution is -0.137. The molecule has 0 saturated heterocycles. The van der Waals surface area contributed by atoms with E-state index in [9.17, 15) is 18.0 Å². The number of carbonyl (C=O) groups excluding carboxylic acids is 1. The van der Waals surface area contributed by atoms with Gasteiger partial charge in [-0.15, -0.1) is 0 Å². The minimum absolute atomic E-state index is 0.236. The number of aromatic nitrogens is 1. The van der Waals surface area contributed by atoms with E-state index in [1.54, 1.807) is 19.1 Å². The van der Waals surface area contributed by atoms with E-state index in [0.29, 0.717) is 11.3 Å². The van der Waals surface area contributed by atoms with Gasteiger partial charge in [-0.25, -0.2) is 9.78 Å². The maximum absolute atomic E-state index is 12.7. The lowest BCUT2D eigenvalue weighted by Gasteiger charge is -2.17. The lowest BCUT2D eigenvalue weighted by Crippen LogP contribution is -2.31. The first kappa shape index (κ1) is 17.6. The number of urea groups is 1. The Morgan fingerprint density at radius 3 is 2.67 bits per heavy atom. The van der Waals surface area contributed by atoms with Gasteiger partial charge in [0.05, 0.1) is 18.7 Å². The van der Waals surface area contributed by atoms with Crippen LogP contribution in [-0.4, -0.2) is 18.1 Å². The summed E-state index contributed by atoms with van der Waals surface area (Å²) in [7, 11) is 1.41. The molecule has 0 aliphatic rings. The minimum atomic E-state index is -4.43. The van der Waals surface area contributed by atoms with Gasteiger partial charge in [-0.2, -0.15) is 13.2 Å². The Morgan fingerprint density at radius 1 is 1.25 bits per heavy atom. The number of nitrogens with zero attached hydrogens (tertiary/aromatic N) is 1. The van der Waals surface area contributed by atoms with Crippen molar-refractivity contribution in [1.82, 2.24) is 10.3 Å². The van der Waals surface area contributed by atoms with E-state index in [1.165, 1.54) is 25.4 Å². The van der Waals surface area contributed by atoms with Gasteiger partial charge in [0.15, 0.2) is 0 Å². The number of nitrogens with one attached hydrogen (secondary N) is 2. The number of hydrogen-bond acceptors (Lipinski definition) is 3. The molecule has 8 heteroatoms. The molecule has 2 aromatic rings. The fourth-order valence-corrected chi connectivity index (χ4v) is 2.07. The van der Waals surface area contributed by atoms with Crippen molar-refractivity contribution in [1.29, 1.82) is 0 Å². The summed E-state index contributed by atoms with van der Waals surface area (Å²) in [6, 6.07) is 6.84. The number of alkyl halides is 3. The molecule has 2 rings (SSSR count). The Labute approximate surface area is 136 Å². The molecule has 0 aliphatic heterocycles. The summed E-state index contributed by atoms with van der Waals surface area (Å²) in [6.45, 7) is 1.59. The van der Waals surface area contributed by atoms with Crippen LogP contribution in [0.3, 0.4) is 0 Å². The molecule has 0 radical (unpaired) electrons. The van der Waals surface area contributed by atoms with Crippen molar-refractivity contribution in [3.8, 4) is 5.88 Å². The van der Waals surface area contributed by atoms with Gasteiger partial charge >= 0.3 is 12.2 Å². The van der Waals surface area contributed by atoms with E-state index in [-0.39, 0.29) is 5.88 Å². The standard InChI is InChI=1S/C16H16F3N3O2/c1-10(11-5-3-6-12(9-11)16(17,18)19)21-15(23)22-13-7-4-8-20-14(13)24-2/h3-10H,1-2H3,(H2,21,22,23)/t10-/m1/s1. The van der Waals surface area contributed by atoms with Gasteiger partial charge < -0.3 is 15.4 Å². The van der Waals surface area contributed by atoms with Gasteiger partial charge in [-0.05, 0) is 36.8 Å². The number of hydrogen-bond donors (Lipinski definition) is 2. The van der Waals surface area contributed by atoms with Gasteiger partial charge in [-0.1, -0.05) is 12.1 Å². The number of halogens is 3. The molecule has 128 valence electrons. The van der Waals surface area contributed by atoms with Crippen LogP contribution in [0.5, 0.6) is 5.88 Å². The SMILES string of the molecule is COc1ncccc1NC(=O)N[C@H](C)c1cccc(C(F)(F)F)c1. The highest BCUT2D eigenvalue weighted by atomic mass is 19.4. The summed E-state index contributed by atoms with van der Waals surface area (Å²) in [5.41, 5.74) is -0.0603. The molecule has 24 heavy (non-hydrogen) atoms. The van der Waals surface area contributed by atoms with Crippen LogP contribution in [0.25, 0.3) is 0 Å². The average molecular weight is 339 g/mol. The molecule has 1 aromatic carbocycles. The molecule has 0 aliphatic carbocycles. The Kier molecular flexibility index (Phi) is 5.28. The van der Waals surface area contributed by atoms with Crippen LogP contribution in [0, 0.1) is 0 Å². The van der Waals surface area contributed by atoms with Gasteiger partial charge in [-0.3, -0.25) is 0 Å². The van der Waals surface area contributed by atoms with Crippen molar-refractivity contribution in [3.63, 3.8) is 0 Å². The number of methoxy groups -OCH3 is 1. The number of rotatable bonds is 4. The Hall–Kier alpha value is -2.77. The molecule has 2 amide bonds. The average Bonchev–Trinajstić information content (AvgIpc) is 2.54. The fourth-order valence-electron chi connectivity index (χ4n) is 2.07. The number of ether oxygens (including phenoxy) is 1. The first-order valence-corrected chi connectivity index (χ1v) is 7.05. The van der Waals surface area contributed by atoms with E-state index in [4.69, 9.17) is 4.74 Å². The van der Waals surface area contributed by atoms with Gasteiger partial charge in [0.1, 0.15) is 5.69 Å². The number of benzene rings is 1. The highest BCUT2D eigenvalue weighted by molar-refractivity contribution is 5.90. The second-order valence-corrected chi connectivity index (χ2v) is 5.00. The second-order valence-electron chi connectivity index (χ2n) is 5.00. The molecule has 0 unspecified atom stereocenters. The van der Waals surface area contributed by atoms with Gasteiger partial charge in [0.2, 0.25) is 5.88 Å². The normalized spacial score (nSPS) is 12.4. The molecule has 1 atom stereocenters. The molecule has 1 aromatic heterocycles. The van der Waals surface area contributed by atoms with Gasteiger partial charge in [0.25, 0.3) is 0 Å². The van der Waals surface area contributed by atoms with Crippen molar-refractivity contribution in [2.75, 3.05) is 12.4 Å². The maximum Gasteiger partial charge on any atom is 0.416 e. The van der Waals surface area contributed by atoms with Crippen LogP contribution in [0.2, 0.25) is 0 Å². The zero-order valence-corrected chi connectivity index (χ0v) is 13.0. The maximum atomic E-state index is 12.7. The third kappa shape index (κ3) is 4.37. The lowest BCUT2D eigenvalue weighted by atomic mass is 10.1. The summed E-state index contributed by atoms with van der Waals surface area (Å²) in [6.07, 6.45) is -2.92. The highest BCUT2D eigenvalue weighted by Gasteiger charge is 2.30. The van der Waals surface area contributed by atoms with E-state index in [1.807, 2.05) is 0 Å². The quantitative estimate of drug-likeness (QED) is 0.885. The highest BCUT2D eigenvalue weighted by Crippen LogP contribution is 2.30. The summed E-state index contributed by atoms with van der Waals surface area (Å²) in [5.74, 6) is 0.236. The van der Waals surface area contributed by atoms with Crippen LogP contribution < -0.4 is 15.4 Å². The third-order valence-corrected chi connectivity index (χ3v) is 3.27. The van der Waals surface area contributed by atoms with E-state index < -0.39 is 23.8 Å². The van der Waals surface area contributed by atoms with Crippen LogP contribution >= 0.6 is 0 Å². The van der Waals surface area contributed by atoms with Crippen molar-refractivity contribution in [2.24, 2.45) is 0 Å². The first-order chi connectivity index (χ1) is 11.3.